The number of rotatable bonds is 5. The average molecular weight is 427 g/mol. The number of aromatic nitrogens is 2. The molecule has 2 aromatic heterocycles. The molecule has 0 aliphatic carbocycles. The SMILES string of the molecule is CCC(CC)Nn1c(=O)c(C2=NS(=O)(=O)c3ccccc3N2)c(O)c2cccnc21. The highest BCUT2D eigenvalue weighted by molar-refractivity contribution is 7.90. The molecular formula is C20H21N5O4S. The summed E-state index contributed by atoms with van der Waals surface area (Å²) in [6.07, 6.45) is 3.03. The summed E-state index contributed by atoms with van der Waals surface area (Å²) in [5.74, 6) is -0.617. The van der Waals surface area contributed by atoms with Crippen molar-refractivity contribution in [2.24, 2.45) is 4.40 Å². The molecule has 30 heavy (non-hydrogen) atoms. The van der Waals surface area contributed by atoms with E-state index in [1.807, 2.05) is 13.8 Å². The van der Waals surface area contributed by atoms with Gasteiger partial charge in [0.1, 0.15) is 16.2 Å². The molecular weight excluding hydrogens is 406 g/mol. The first-order valence-corrected chi connectivity index (χ1v) is 11.0. The number of para-hydroxylation sites is 1. The number of nitrogens with one attached hydrogen (secondary N) is 2. The monoisotopic (exact) mass is 427 g/mol. The number of fused-ring (bicyclic) bond motifs is 2. The predicted molar refractivity (Wildman–Crippen MR) is 115 cm³/mol. The summed E-state index contributed by atoms with van der Waals surface area (Å²) in [6, 6.07) is 9.47. The van der Waals surface area contributed by atoms with Crippen molar-refractivity contribution in [1.29, 1.82) is 0 Å². The van der Waals surface area contributed by atoms with Gasteiger partial charge in [-0.1, -0.05) is 26.0 Å². The molecule has 3 N–H and O–H groups in total. The lowest BCUT2D eigenvalue weighted by Gasteiger charge is -2.22. The van der Waals surface area contributed by atoms with E-state index in [0.717, 1.165) is 12.8 Å². The van der Waals surface area contributed by atoms with Crippen molar-refractivity contribution >= 4 is 32.6 Å². The highest BCUT2D eigenvalue weighted by Gasteiger charge is 2.30. The molecule has 0 atom stereocenters. The van der Waals surface area contributed by atoms with Crippen molar-refractivity contribution in [2.45, 2.75) is 37.6 Å². The van der Waals surface area contributed by atoms with E-state index in [2.05, 4.69) is 20.1 Å². The van der Waals surface area contributed by atoms with Crippen LogP contribution < -0.4 is 16.3 Å². The predicted octanol–water partition coefficient (Wildman–Crippen LogP) is 2.40. The van der Waals surface area contributed by atoms with Gasteiger partial charge in [0.05, 0.1) is 11.1 Å². The van der Waals surface area contributed by atoms with Gasteiger partial charge in [-0.25, -0.2) is 9.66 Å². The van der Waals surface area contributed by atoms with E-state index >= 15 is 0 Å². The summed E-state index contributed by atoms with van der Waals surface area (Å²) in [4.78, 5) is 17.6. The molecule has 0 radical (unpaired) electrons. The number of anilines is 1. The molecule has 1 aliphatic heterocycles. The van der Waals surface area contributed by atoms with Crippen LogP contribution in [0.2, 0.25) is 0 Å². The van der Waals surface area contributed by atoms with Crippen molar-refractivity contribution in [3.63, 3.8) is 0 Å². The molecule has 0 bridgehead atoms. The van der Waals surface area contributed by atoms with Crippen molar-refractivity contribution in [3.8, 4) is 5.75 Å². The highest BCUT2D eigenvalue weighted by atomic mass is 32.2. The van der Waals surface area contributed by atoms with Crippen molar-refractivity contribution in [3.05, 3.63) is 58.5 Å². The summed E-state index contributed by atoms with van der Waals surface area (Å²) in [7, 11) is -4.04. The fourth-order valence-electron chi connectivity index (χ4n) is 3.41. The number of amidine groups is 1. The van der Waals surface area contributed by atoms with Crippen LogP contribution in [0.5, 0.6) is 5.75 Å². The second-order valence-corrected chi connectivity index (χ2v) is 8.49. The number of nitrogens with zero attached hydrogens (tertiary/aromatic N) is 3. The lowest BCUT2D eigenvalue weighted by Crippen LogP contribution is -2.40. The van der Waals surface area contributed by atoms with E-state index in [4.69, 9.17) is 0 Å². The third-order valence-corrected chi connectivity index (χ3v) is 6.41. The number of hydrogen-bond donors (Lipinski definition) is 3. The normalized spacial score (nSPS) is 14.8. The third-order valence-electron chi connectivity index (χ3n) is 5.07. The molecule has 0 saturated heterocycles. The van der Waals surface area contributed by atoms with Crippen LogP contribution in [0, 0.1) is 0 Å². The van der Waals surface area contributed by atoms with Gasteiger partial charge in [0.15, 0.2) is 11.5 Å². The zero-order valence-corrected chi connectivity index (χ0v) is 17.3. The number of sulfonamides is 1. The molecule has 0 saturated carbocycles. The van der Waals surface area contributed by atoms with Crippen molar-refractivity contribution in [1.82, 2.24) is 9.66 Å². The maximum atomic E-state index is 13.4. The van der Waals surface area contributed by atoms with Crippen LogP contribution in [-0.4, -0.2) is 35.1 Å². The molecule has 9 nitrogen and oxygen atoms in total. The maximum absolute atomic E-state index is 13.4. The molecule has 3 aromatic rings. The smallest absolute Gasteiger partial charge is 0.286 e. The van der Waals surface area contributed by atoms with E-state index in [1.54, 1.807) is 30.3 Å². The zero-order chi connectivity index (χ0) is 21.5. The lowest BCUT2D eigenvalue weighted by atomic mass is 10.1. The van der Waals surface area contributed by atoms with Crippen LogP contribution in [0.15, 0.2) is 56.7 Å². The summed E-state index contributed by atoms with van der Waals surface area (Å²) in [5, 5.41) is 14.0. The van der Waals surface area contributed by atoms with Crippen LogP contribution in [-0.2, 0) is 10.0 Å². The number of pyridine rings is 2. The second-order valence-electron chi connectivity index (χ2n) is 6.92. The van der Waals surface area contributed by atoms with Crippen molar-refractivity contribution in [2.75, 3.05) is 10.7 Å². The molecule has 0 fully saturated rings. The lowest BCUT2D eigenvalue weighted by molar-refractivity contribution is 0.477. The first-order chi connectivity index (χ1) is 14.4. The van der Waals surface area contributed by atoms with E-state index in [-0.39, 0.29) is 39.4 Å². The summed E-state index contributed by atoms with van der Waals surface area (Å²) < 4.78 is 30.3. The Hall–Kier alpha value is -3.40. The van der Waals surface area contributed by atoms with Gasteiger partial charge in [-0.2, -0.15) is 8.42 Å². The Morgan fingerprint density at radius 3 is 2.63 bits per heavy atom. The van der Waals surface area contributed by atoms with Gasteiger partial charge in [-0.05, 0) is 37.1 Å². The summed E-state index contributed by atoms with van der Waals surface area (Å²) >= 11 is 0. The van der Waals surface area contributed by atoms with Gasteiger partial charge in [-0.3, -0.25) is 4.79 Å². The Kier molecular flexibility index (Phi) is 4.94. The Bertz CT molecular complexity index is 1330. The minimum absolute atomic E-state index is 0.00572. The van der Waals surface area contributed by atoms with Gasteiger partial charge in [0.2, 0.25) is 0 Å². The minimum atomic E-state index is -4.04. The molecule has 1 aromatic carbocycles. The van der Waals surface area contributed by atoms with E-state index in [0.29, 0.717) is 5.39 Å². The van der Waals surface area contributed by atoms with Gasteiger partial charge >= 0.3 is 0 Å². The van der Waals surface area contributed by atoms with Crippen LogP contribution in [0.1, 0.15) is 32.3 Å². The Labute approximate surface area is 173 Å². The Morgan fingerprint density at radius 2 is 1.90 bits per heavy atom. The standard InChI is InChI=1S/C20H21N5O4S/c1-3-12(4-2)23-25-19-13(8-7-11-21-19)17(26)16(20(25)27)18-22-14-9-5-6-10-15(14)30(28,29)24-18/h5-12,23,26H,3-4H2,1-2H3,(H,22,24). The van der Waals surface area contributed by atoms with Gasteiger partial charge in [-0.15, -0.1) is 4.40 Å². The first-order valence-electron chi connectivity index (χ1n) is 9.58. The molecule has 1 aliphatic rings. The van der Waals surface area contributed by atoms with Crippen molar-refractivity contribution < 1.29 is 13.5 Å². The Morgan fingerprint density at radius 1 is 1.17 bits per heavy atom. The molecule has 10 heteroatoms. The zero-order valence-electron chi connectivity index (χ0n) is 16.5. The highest BCUT2D eigenvalue weighted by Crippen LogP contribution is 2.31. The number of hydrogen-bond acceptors (Lipinski definition) is 7. The van der Waals surface area contributed by atoms with E-state index in [1.165, 1.54) is 16.9 Å². The molecule has 0 spiro atoms. The van der Waals surface area contributed by atoms with Crippen LogP contribution >= 0.6 is 0 Å². The number of aromatic hydroxyl groups is 1. The van der Waals surface area contributed by atoms with E-state index in [9.17, 15) is 18.3 Å². The summed E-state index contributed by atoms with van der Waals surface area (Å²) in [6.45, 7) is 3.97. The molecule has 156 valence electrons. The van der Waals surface area contributed by atoms with Gasteiger partial charge in [0, 0.05) is 12.2 Å². The fourth-order valence-corrected chi connectivity index (χ4v) is 4.54. The van der Waals surface area contributed by atoms with Gasteiger partial charge < -0.3 is 15.8 Å². The van der Waals surface area contributed by atoms with Crippen LogP contribution in [0.4, 0.5) is 5.69 Å². The minimum Gasteiger partial charge on any atom is -0.506 e. The average Bonchev–Trinajstić information content (AvgIpc) is 2.74. The maximum Gasteiger partial charge on any atom is 0.286 e. The summed E-state index contributed by atoms with van der Waals surface area (Å²) in [5.41, 5.74) is 2.77. The third kappa shape index (κ3) is 3.18. The first kappa shape index (κ1) is 19.9. The number of benzene rings is 1. The van der Waals surface area contributed by atoms with E-state index < -0.39 is 15.6 Å². The van der Waals surface area contributed by atoms with Crippen LogP contribution in [0.3, 0.4) is 0 Å². The van der Waals surface area contributed by atoms with Crippen LogP contribution in [0.25, 0.3) is 11.0 Å². The fraction of sp³-hybridized carbons (Fsp3) is 0.250. The molecule has 0 amide bonds. The molecule has 3 heterocycles. The van der Waals surface area contributed by atoms with Gasteiger partial charge in [0.25, 0.3) is 15.6 Å². The Balaban J connectivity index is 1.99. The molecule has 4 rings (SSSR count). The quantitative estimate of drug-likeness (QED) is 0.571. The molecule has 0 unspecified atom stereocenters. The largest absolute Gasteiger partial charge is 0.506 e. The topological polar surface area (TPSA) is 126 Å². The second kappa shape index (κ2) is 7.45.